The van der Waals surface area contributed by atoms with Gasteiger partial charge in [-0.2, -0.15) is 13.2 Å². The summed E-state index contributed by atoms with van der Waals surface area (Å²) in [5.41, 5.74) is -0.934. The molecular weight excluding hydrogens is 404 g/mol. The van der Waals surface area contributed by atoms with Crippen molar-refractivity contribution in [3.63, 3.8) is 0 Å². The number of nitrogens with zero attached hydrogens (tertiary/aromatic N) is 2. The van der Waals surface area contributed by atoms with Gasteiger partial charge < -0.3 is 10.0 Å². The number of halogens is 5. The number of benzene rings is 2. The monoisotopic (exact) mass is 416 g/mol. The topological polar surface area (TPSA) is 54.2 Å². The van der Waals surface area contributed by atoms with E-state index in [2.05, 4.69) is 10.3 Å². The van der Waals surface area contributed by atoms with E-state index in [0.717, 1.165) is 0 Å². The molecule has 9 heteroatoms. The lowest BCUT2D eigenvalue weighted by molar-refractivity contribution is -0.275. The van der Waals surface area contributed by atoms with Crippen molar-refractivity contribution in [2.45, 2.75) is 25.1 Å². The maximum Gasteiger partial charge on any atom is 0.435 e. The van der Waals surface area contributed by atoms with Crippen LogP contribution >= 0.6 is 23.2 Å². The van der Waals surface area contributed by atoms with Crippen LogP contribution in [0.4, 0.5) is 13.2 Å². The molecule has 0 saturated carbocycles. The van der Waals surface area contributed by atoms with Crippen LogP contribution in [0.25, 0.3) is 0 Å². The fourth-order valence-electron chi connectivity index (χ4n) is 2.91. The molecule has 3 rings (SSSR count). The lowest BCUT2D eigenvalue weighted by Gasteiger charge is -2.29. The van der Waals surface area contributed by atoms with Crippen LogP contribution in [0.15, 0.2) is 46.7 Å². The van der Waals surface area contributed by atoms with Crippen molar-refractivity contribution in [3.8, 4) is 0 Å². The van der Waals surface area contributed by atoms with Gasteiger partial charge in [0, 0.05) is 22.0 Å². The fourth-order valence-corrected chi connectivity index (χ4v) is 3.43. The highest BCUT2D eigenvalue weighted by Gasteiger charge is 2.62. The number of alkyl halides is 3. The molecule has 0 spiro atoms. The molecule has 0 radical (unpaired) electrons. The predicted molar refractivity (Wildman–Crippen MR) is 97.0 cm³/mol. The largest absolute Gasteiger partial charge is 0.435 e. The highest BCUT2D eigenvalue weighted by molar-refractivity contribution is 6.34. The van der Waals surface area contributed by atoms with Crippen LogP contribution < -0.4 is 0 Å². The Kier molecular flexibility index (Phi) is 5.10. The van der Waals surface area contributed by atoms with E-state index in [9.17, 15) is 13.2 Å². The first-order valence-electron chi connectivity index (χ1n) is 7.73. The second kappa shape index (κ2) is 7.05. The van der Waals surface area contributed by atoms with E-state index in [1.807, 2.05) is 0 Å². The summed E-state index contributed by atoms with van der Waals surface area (Å²) < 4.78 is 41.9. The van der Waals surface area contributed by atoms with Crippen LogP contribution in [0, 0.1) is 6.92 Å². The summed E-state index contributed by atoms with van der Waals surface area (Å²) in [6.45, 7) is 1.74. The van der Waals surface area contributed by atoms with Crippen molar-refractivity contribution in [1.29, 1.82) is 0 Å². The van der Waals surface area contributed by atoms with Crippen LogP contribution in [-0.2, 0) is 10.4 Å². The zero-order valence-electron chi connectivity index (χ0n) is 13.9. The van der Waals surface area contributed by atoms with E-state index in [1.165, 1.54) is 24.4 Å². The van der Waals surface area contributed by atoms with E-state index in [1.54, 1.807) is 25.1 Å². The lowest BCUT2D eigenvalue weighted by Crippen LogP contribution is -2.42. The normalized spacial score (nSPS) is 20.0. The Morgan fingerprint density at radius 3 is 2.41 bits per heavy atom. The zero-order valence-corrected chi connectivity index (χ0v) is 15.4. The molecule has 1 unspecified atom stereocenters. The summed E-state index contributed by atoms with van der Waals surface area (Å²) >= 11 is 11.8. The van der Waals surface area contributed by atoms with Gasteiger partial charge in [-0.15, -0.1) is 0 Å². The summed E-state index contributed by atoms with van der Waals surface area (Å²) in [5, 5.41) is 15.4. The van der Waals surface area contributed by atoms with E-state index in [-0.39, 0.29) is 21.3 Å². The highest BCUT2D eigenvalue weighted by Crippen LogP contribution is 2.49. The van der Waals surface area contributed by atoms with Gasteiger partial charge in [0.25, 0.3) is 5.60 Å². The maximum absolute atomic E-state index is 14.0. The Morgan fingerprint density at radius 2 is 1.85 bits per heavy atom. The molecule has 4 nitrogen and oxygen atoms in total. The van der Waals surface area contributed by atoms with E-state index in [4.69, 9.17) is 33.2 Å². The second-order valence-corrected chi connectivity index (χ2v) is 6.98. The number of aryl methyl sites for hydroxylation is 1. The van der Waals surface area contributed by atoms with Crippen molar-refractivity contribution in [1.82, 2.24) is 0 Å². The maximum atomic E-state index is 14.0. The molecule has 0 fully saturated rings. The summed E-state index contributed by atoms with van der Waals surface area (Å²) in [6.07, 6.45) is -4.04. The fraction of sp³-hybridized carbons (Fsp3) is 0.222. The van der Waals surface area contributed by atoms with Crippen LogP contribution in [-0.4, -0.2) is 23.3 Å². The van der Waals surface area contributed by atoms with Gasteiger partial charge in [0.05, 0.1) is 11.9 Å². The predicted octanol–water partition coefficient (Wildman–Crippen LogP) is 5.69. The van der Waals surface area contributed by atoms with Gasteiger partial charge in [-0.3, -0.25) is 0 Å². The third-order valence-corrected chi connectivity index (χ3v) is 4.75. The quantitative estimate of drug-likeness (QED) is 0.396. The molecule has 142 valence electrons. The first-order valence-corrected chi connectivity index (χ1v) is 8.49. The molecule has 1 N–H and O–H groups in total. The minimum atomic E-state index is -4.75. The van der Waals surface area contributed by atoms with Gasteiger partial charge in [-0.1, -0.05) is 45.6 Å². The Hall–Kier alpha value is -2.25. The molecular formula is C18H13Cl2F3N2O2. The Balaban J connectivity index is 2.01. The van der Waals surface area contributed by atoms with Crippen LogP contribution in [0.3, 0.4) is 0 Å². The number of hydrogen-bond acceptors (Lipinski definition) is 4. The Morgan fingerprint density at radius 1 is 1.19 bits per heavy atom. The van der Waals surface area contributed by atoms with Crippen LogP contribution in [0.1, 0.15) is 28.7 Å². The highest BCUT2D eigenvalue weighted by atomic mass is 35.5. The van der Waals surface area contributed by atoms with Crippen molar-refractivity contribution in [3.05, 3.63) is 68.7 Å². The first-order chi connectivity index (χ1) is 12.7. The van der Waals surface area contributed by atoms with Gasteiger partial charge in [0.15, 0.2) is 0 Å². The molecule has 1 atom stereocenters. The smallest absolute Gasteiger partial charge is 0.411 e. The summed E-state index contributed by atoms with van der Waals surface area (Å²) in [7, 11) is 0. The average molecular weight is 417 g/mol. The summed E-state index contributed by atoms with van der Waals surface area (Å²) in [6, 6.07) is 8.55. The zero-order chi connectivity index (χ0) is 19.8. The number of rotatable bonds is 3. The molecule has 1 aliphatic rings. The van der Waals surface area contributed by atoms with Crippen LogP contribution in [0.2, 0.25) is 10.0 Å². The Bertz CT molecular complexity index is 924. The van der Waals surface area contributed by atoms with Crippen molar-refractivity contribution >= 4 is 35.1 Å². The molecule has 1 aliphatic heterocycles. The number of hydrogen-bond donors (Lipinski definition) is 1. The van der Waals surface area contributed by atoms with E-state index in [0.29, 0.717) is 16.7 Å². The molecule has 0 saturated heterocycles. The van der Waals surface area contributed by atoms with Gasteiger partial charge in [0.1, 0.15) is 0 Å². The standard InChI is InChI=1S/C18H13Cl2F3N2O2/c1-10-4-11(2-3-12(10)9-24-26)16-8-17(27-25-16,18(21,22)23)13-5-14(19)7-15(20)6-13/h2-7,9,26H,8H2,1H3. The van der Waals surface area contributed by atoms with Gasteiger partial charge in [-0.25, -0.2) is 0 Å². The molecule has 0 bridgehead atoms. The molecule has 0 aromatic heterocycles. The average Bonchev–Trinajstić information content (AvgIpc) is 3.02. The van der Waals surface area contributed by atoms with Crippen molar-refractivity contribution in [2.75, 3.05) is 0 Å². The van der Waals surface area contributed by atoms with E-state index < -0.39 is 18.2 Å². The van der Waals surface area contributed by atoms with Crippen molar-refractivity contribution in [2.24, 2.45) is 10.3 Å². The molecule has 0 amide bonds. The third kappa shape index (κ3) is 3.61. The van der Waals surface area contributed by atoms with Crippen LogP contribution in [0.5, 0.6) is 0 Å². The minimum absolute atomic E-state index is 0.0710. The van der Waals surface area contributed by atoms with Gasteiger partial charge in [0.2, 0.25) is 0 Å². The van der Waals surface area contributed by atoms with Gasteiger partial charge in [-0.05, 0) is 47.9 Å². The minimum Gasteiger partial charge on any atom is -0.411 e. The summed E-state index contributed by atoms with van der Waals surface area (Å²) in [4.78, 5) is 4.97. The Labute approximate surface area is 162 Å². The lowest BCUT2D eigenvalue weighted by atomic mass is 9.86. The third-order valence-electron chi connectivity index (χ3n) is 4.31. The van der Waals surface area contributed by atoms with E-state index >= 15 is 0 Å². The molecule has 2 aromatic carbocycles. The molecule has 27 heavy (non-hydrogen) atoms. The first kappa shape index (κ1) is 19.5. The number of oxime groups is 2. The SMILES string of the molecule is Cc1cc(C2=NOC(c3cc(Cl)cc(Cl)c3)(C(F)(F)F)C2)ccc1C=NO. The second-order valence-electron chi connectivity index (χ2n) is 6.10. The molecule has 1 heterocycles. The molecule has 0 aliphatic carbocycles. The van der Waals surface area contributed by atoms with Gasteiger partial charge >= 0.3 is 6.18 Å². The van der Waals surface area contributed by atoms with Crippen molar-refractivity contribution < 1.29 is 23.2 Å². The summed E-state index contributed by atoms with van der Waals surface area (Å²) in [5.74, 6) is 0. The molecule has 2 aromatic rings.